The minimum atomic E-state index is -0.681. The third kappa shape index (κ3) is 4.89. The number of aliphatic hydroxyl groups excluding tert-OH is 1. The van der Waals surface area contributed by atoms with Crippen molar-refractivity contribution in [2.45, 2.75) is 26.9 Å². The van der Waals surface area contributed by atoms with Gasteiger partial charge in [0, 0.05) is 12.2 Å². The Kier molecular flexibility index (Phi) is 6.32. The fraction of sp³-hybridized carbons (Fsp3) is 0.500. The number of ether oxygens (including phenoxy) is 2. The molecule has 1 atom stereocenters. The predicted molar refractivity (Wildman–Crippen MR) is 73.2 cm³/mol. The first kappa shape index (κ1) is 15.5. The average molecular weight is 267 g/mol. The summed E-state index contributed by atoms with van der Waals surface area (Å²) in [6, 6.07) is 5.58. The van der Waals surface area contributed by atoms with Crippen molar-refractivity contribution >= 4 is 5.71 Å². The van der Waals surface area contributed by atoms with Crippen molar-refractivity contribution in [3.63, 3.8) is 0 Å². The highest BCUT2D eigenvalue weighted by Gasteiger charge is 2.10. The lowest BCUT2D eigenvalue weighted by atomic mass is 10.1. The number of hydrogen-bond acceptors (Lipinski definition) is 5. The van der Waals surface area contributed by atoms with E-state index in [2.05, 4.69) is 5.16 Å². The van der Waals surface area contributed by atoms with Crippen molar-refractivity contribution in [3.05, 3.63) is 29.3 Å². The van der Waals surface area contributed by atoms with Gasteiger partial charge in [-0.25, -0.2) is 0 Å². The summed E-state index contributed by atoms with van der Waals surface area (Å²) in [4.78, 5) is 0. The normalized spacial score (nSPS) is 13.4. The highest BCUT2D eigenvalue weighted by Crippen LogP contribution is 2.21. The molecule has 0 spiro atoms. The van der Waals surface area contributed by atoms with Crippen molar-refractivity contribution in [1.82, 2.24) is 0 Å². The first-order valence-electron chi connectivity index (χ1n) is 6.26. The summed E-state index contributed by atoms with van der Waals surface area (Å²) in [5, 5.41) is 21.7. The van der Waals surface area contributed by atoms with Gasteiger partial charge in [0.05, 0.1) is 12.3 Å². The molecule has 1 rings (SSSR count). The molecule has 0 amide bonds. The first-order chi connectivity index (χ1) is 9.08. The van der Waals surface area contributed by atoms with Gasteiger partial charge in [0.2, 0.25) is 0 Å². The molecule has 0 saturated carbocycles. The summed E-state index contributed by atoms with van der Waals surface area (Å²) >= 11 is 0. The lowest BCUT2D eigenvalue weighted by Gasteiger charge is -2.15. The van der Waals surface area contributed by atoms with Gasteiger partial charge in [-0.2, -0.15) is 0 Å². The molecule has 1 unspecified atom stereocenters. The number of aryl methyl sites for hydroxylation is 1. The zero-order valence-electron chi connectivity index (χ0n) is 11.6. The van der Waals surface area contributed by atoms with Crippen molar-refractivity contribution in [2.75, 3.05) is 19.8 Å². The van der Waals surface area contributed by atoms with E-state index in [-0.39, 0.29) is 13.2 Å². The number of benzene rings is 1. The summed E-state index contributed by atoms with van der Waals surface area (Å²) in [5.74, 6) is 0.589. The first-order valence-corrected chi connectivity index (χ1v) is 6.26. The third-order valence-electron chi connectivity index (χ3n) is 2.62. The molecule has 1 aromatic carbocycles. The van der Waals surface area contributed by atoms with Crippen molar-refractivity contribution in [1.29, 1.82) is 0 Å². The average Bonchev–Trinajstić information content (AvgIpc) is 2.42. The minimum Gasteiger partial charge on any atom is -0.490 e. The van der Waals surface area contributed by atoms with Crippen LogP contribution in [0.3, 0.4) is 0 Å². The smallest absolute Gasteiger partial charge is 0.128 e. The van der Waals surface area contributed by atoms with Crippen LogP contribution in [-0.4, -0.2) is 42.0 Å². The van der Waals surface area contributed by atoms with Gasteiger partial charge in [-0.3, -0.25) is 0 Å². The summed E-state index contributed by atoms with van der Waals surface area (Å²) in [5.41, 5.74) is 2.20. The fourth-order valence-corrected chi connectivity index (χ4v) is 1.59. The van der Waals surface area contributed by atoms with Crippen LogP contribution in [0, 0.1) is 6.92 Å². The molecule has 0 saturated heterocycles. The van der Waals surface area contributed by atoms with E-state index >= 15 is 0 Å². The number of aliphatic hydroxyl groups is 1. The number of nitrogens with zero attached hydrogens (tertiary/aromatic N) is 1. The van der Waals surface area contributed by atoms with Crippen molar-refractivity contribution < 1.29 is 19.8 Å². The highest BCUT2D eigenvalue weighted by molar-refractivity contribution is 6.00. The summed E-state index contributed by atoms with van der Waals surface area (Å²) in [6.07, 6.45) is -0.681. The Hall–Kier alpha value is -1.59. The zero-order valence-corrected chi connectivity index (χ0v) is 11.6. The quantitative estimate of drug-likeness (QED) is 0.450. The van der Waals surface area contributed by atoms with Gasteiger partial charge < -0.3 is 19.8 Å². The van der Waals surface area contributed by atoms with Crippen LogP contribution >= 0.6 is 0 Å². The van der Waals surface area contributed by atoms with Crippen LogP contribution in [0.2, 0.25) is 0 Å². The molecule has 0 aliphatic heterocycles. The van der Waals surface area contributed by atoms with Gasteiger partial charge in [0.15, 0.2) is 0 Å². The van der Waals surface area contributed by atoms with Gasteiger partial charge in [-0.05, 0) is 38.5 Å². The maximum atomic E-state index is 9.67. The molecule has 0 aromatic heterocycles. The van der Waals surface area contributed by atoms with E-state index in [9.17, 15) is 5.11 Å². The highest BCUT2D eigenvalue weighted by atomic mass is 16.5. The molecule has 0 bridgehead atoms. The van der Waals surface area contributed by atoms with E-state index in [1.54, 1.807) is 6.92 Å². The fourth-order valence-electron chi connectivity index (χ4n) is 1.59. The standard InChI is InChI=1S/C14H21NO4/c1-4-18-8-12(16)9-19-14-7-10(2)5-6-13(14)11(3)15-17/h5-7,12,16-17H,4,8-9H2,1-3H3. The van der Waals surface area contributed by atoms with E-state index in [4.69, 9.17) is 14.7 Å². The Balaban J connectivity index is 2.73. The Morgan fingerprint density at radius 3 is 2.74 bits per heavy atom. The lowest BCUT2D eigenvalue weighted by molar-refractivity contribution is 0.0164. The van der Waals surface area contributed by atoms with E-state index in [0.717, 1.165) is 5.56 Å². The molecule has 1 aromatic rings. The van der Waals surface area contributed by atoms with Crippen molar-refractivity contribution in [2.24, 2.45) is 5.16 Å². The largest absolute Gasteiger partial charge is 0.490 e. The van der Waals surface area contributed by atoms with Gasteiger partial charge in [0.25, 0.3) is 0 Å². The molecular weight excluding hydrogens is 246 g/mol. The van der Waals surface area contributed by atoms with E-state index < -0.39 is 6.10 Å². The second-order valence-corrected chi connectivity index (χ2v) is 4.31. The molecule has 5 nitrogen and oxygen atoms in total. The van der Waals surface area contributed by atoms with Gasteiger partial charge in [0.1, 0.15) is 18.5 Å². The third-order valence-corrected chi connectivity index (χ3v) is 2.62. The van der Waals surface area contributed by atoms with Gasteiger partial charge >= 0.3 is 0 Å². The minimum absolute atomic E-state index is 0.134. The lowest BCUT2D eigenvalue weighted by Crippen LogP contribution is -2.24. The van der Waals surface area contributed by atoms with E-state index in [0.29, 0.717) is 23.6 Å². The molecular formula is C14H21NO4. The van der Waals surface area contributed by atoms with E-state index in [1.165, 1.54) is 0 Å². The van der Waals surface area contributed by atoms with Crippen LogP contribution in [0.25, 0.3) is 0 Å². The summed E-state index contributed by atoms with van der Waals surface area (Å²) < 4.78 is 10.7. The SMILES string of the molecule is CCOCC(O)COc1cc(C)ccc1C(C)=NO. The van der Waals surface area contributed by atoms with Gasteiger partial charge in [-0.1, -0.05) is 11.2 Å². The van der Waals surface area contributed by atoms with Crippen LogP contribution in [0.5, 0.6) is 5.75 Å². The Morgan fingerprint density at radius 2 is 2.11 bits per heavy atom. The molecule has 0 radical (unpaired) electrons. The van der Waals surface area contributed by atoms with Crippen LogP contribution < -0.4 is 4.74 Å². The molecule has 2 N–H and O–H groups in total. The van der Waals surface area contributed by atoms with Crippen LogP contribution in [0.15, 0.2) is 23.4 Å². The molecule has 5 heteroatoms. The summed E-state index contributed by atoms with van der Waals surface area (Å²) in [6.45, 7) is 6.43. The Labute approximate surface area is 113 Å². The Bertz CT molecular complexity index is 431. The number of oxime groups is 1. The number of hydrogen-bond donors (Lipinski definition) is 2. The number of rotatable bonds is 7. The van der Waals surface area contributed by atoms with Crippen LogP contribution in [0.1, 0.15) is 25.0 Å². The maximum absolute atomic E-state index is 9.67. The summed E-state index contributed by atoms with van der Waals surface area (Å²) in [7, 11) is 0. The molecule has 19 heavy (non-hydrogen) atoms. The Morgan fingerprint density at radius 1 is 1.37 bits per heavy atom. The second-order valence-electron chi connectivity index (χ2n) is 4.31. The molecule has 106 valence electrons. The molecule has 0 fully saturated rings. The van der Waals surface area contributed by atoms with Crippen molar-refractivity contribution in [3.8, 4) is 5.75 Å². The molecule has 0 aliphatic carbocycles. The van der Waals surface area contributed by atoms with E-state index in [1.807, 2.05) is 32.0 Å². The molecule has 0 aliphatic rings. The van der Waals surface area contributed by atoms with Crippen LogP contribution in [-0.2, 0) is 4.74 Å². The van der Waals surface area contributed by atoms with Crippen LogP contribution in [0.4, 0.5) is 0 Å². The maximum Gasteiger partial charge on any atom is 0.128 e. The monoisotopic (exact) mass is 267 g/mol. The molecule has 0 heterocycles. The topological polar surface area (TPSA) is 71.3 Å². The second kappa shape index (κ2) is 7.76. The predicted octanol–water partition coefficient (Wildman–Crippen LogP) is 1.97. The van der Waals surface area contributed by atoms with Gasteiger partial charge in [-0.15, -0.1) is 0 Å². The zero-order chi connectivity index (χ0) is 14.3.